The lowest BCUT2D eigenvalue weighted by atomic mass is 9.95. The predicted octanol–water partition coefficient (Wildman–Crippen LogP) is 4.87. The molecule has 2 aromatic carbocycles. The van der Waals surface area contributed by atoms with Gasteiger partial charge in [0.2, 0.25) is 0 Å². The Morgan fingerprint density at radius 2 is 1.62 bits per heavy atom. The summed E-state index contributed by atoms with van der Waals surface area (Å²) in [6.07, 6.45) is -1.94. The van der Waals surface area contributed by atoms with Gasteiger partial charge >= 0.3 is 6.18 Å². The number of aliphatic hydroxyl groups is 1. The quantitative estimate of drug-likeness (QED) is 0.272. The molecule has 1 fully saturated rings. The number of Topliss-reactive ketones (excluding diaryl/α,β-unsaturated/α-hetero) is 1. The van der Waals surface area contributed by atoms with Crippen LogP contribution in [0.4, 0.5) is 23.2 Å². The SMILES string of the molecule is O=C1C(=O)N(c2cccc(C(F)(F)F)c2)C(c2ccc(F)cc2)/C1=C(\O)c1ccncc1. The highest BCUT2D eigenvalue weighted by Crippen LogP contribution is 2.43. The van der Waals surface area contributed by atoms with Crippen LogP contribution in [-0.2, 0) is 15.8 Å². The highest BCUT2D eigenvalue weighted by molar-refractivity contribution is 6.51. The summed E-state index contributed by atoms with van der Waals surface area (Å²) < 4.78 is 53.3. The molecular weight excluding hydrogens is 428 g/mol. The van der Waals surface area contributed by atoms with Crippen LogP contribution in [0.3, 0.4) is 0 Å². The van der Waals surface area contributed by atoms with Gasteiger partial charge in [-0.05, 0) is 48.0 Å². The third-order valence-corrected chi connectivity index (χ3v) is 5.04. The van der Waals surface area contributed by atoms with E-state index in [1.807, 2.05) is 0 Å². The number of ketones is 1. The fourth-order valence-electron chi connectivity index (χ4n) is 3.56. The standard InChI is InChI=1S/C23H14F4N2O3/c24-16-6-4-13(5-7-16)19-18(20(30)14-8-10-28-11-9-14)21(31)22(32)29(19)17-3-1-2-15(12-17)23(25,26)27/h1-12,19,30H/b20-18+. The van der Waals surface area contributed by atoms with Gasteiger partial charge in [0.1, 0.15) is 11.6 Å². The van der Waals surface area contributed by atoms with Gasteiger partial charge in [-0.2, -0.15) is 13.2 Å². The van der Waals surface area contributed by atoms with Crippen molar-refractivity contribution in [2.45, 2.75) is 12.2 Å². The molecule has 2 heterocycles. The minimum absolute atomic E-state index is 0.189. The van der Waals surface area contributed by atoms with Crippen LogP contribution in [0.25, 0.3) is 5.76 Å². The smallest absolute Gasteiger partial charge is 0.416 e. The second-order valence-electron chi connectivity index (χ2n) is 7.00. The van der Waals surface area contributed by atoms with E-state index in [-0.39, 0.29) is 22.4 Å². The number of anilines is 1. The molecule has 1 N–H and O–H groups in total. The van der Waals surface area contributed by atoms with Crippen LogP contribution < -0.4 is 4.90 Å². The first-order chi connectivity index (χ1) is 15.2. The Morgan fingerprint density at radius 3 is 2.25 bits per heavy atom. The van der Waals surface area contributed by atoms with Crippen molar-refractivity contribution in [3.63, 3.8) is 0 Å². The van der Waals surface area contributed by atoms with Crippen molar-refractivity contribution < 1.29 is 32.3 Å². The van der Waals surface area contributed by atoms with Crippen LogP contribution in [0.2, 0.25) is 0 Å². The van der Waals surface area contributed by atoms with E-state index in [1.165, 1.54) is 42.7 Å². The highest BCUT2D eigenvalue weighted by atomic mass is 19.4. The van der Waals surface area contributed by atoms with Crippen LogP contribution in [0, 0.1) is 5.82 Å². The van der Waals surface area contributed by atoms with E-state index in [2.05, 4.69) is 4.98 Å². The Balaban J connectivity index is 1.94. The summed E-state index contributed by atoms with van der Waals surface area (Å²) in [5, 5.41) is 10.8. The van der Waals surface area contributed by atoms with Crippen molar-refractivity contribution in [2.24, 2.45) is 0 Å². The molecule has 32 heavy (non-hydrogen) atoms. The molecule has 0 radical (unpaired) electrons. The number of aliphatic hydroxyl groups excluding tert-OH is 1. The molecule has 1 saturated heterocycles. The summed E-state index contributed by atoms with van der Waals surface area (Å²) in [6.45, 7) is 0. The van der Waals surface area contributed by atoms with Gasteiger partial charge in [-0.1, -0.05) is 18.2 Å². The maximum Gasteiger partial charge on any atom is 0.416 e. The first-order valence-corrected chi connectivity index (χ1v) is 9.32. The highest BCUT2D eigenvalue weighted by Gasteiger charge is 2.47. The van der Waals surface area contributed by atoms with Gasteiger partial charge in [0, 0.05) is 23.6 Å². The predicted molar refractivity (Wildman–Crippen MR) is 107 cm³/mol. The Labute approximate surface area is 179 Å². The number of hydrogen-bond acceptors (Lipinski definition) is 4. The Kier molecular flexibility index (Phi) is 5.25. The molecule has 1 unspecified atom stereocenters. The van der Waals surface area contributed by atoms with Crippen molar-refractivity contribution in [2.75, 3.05) is 4.90 Å². The zero-order valence-corrected chi connectivity index (χ0v) is 16.2. The van der Waals surface area contributed by atoms with Crippen molar-refractivity contribution in [3.8, 4) is 0 Å². The normalized spacial score (nSPS) is 18.2. The lowest BCUT2D eigenvalue weighted by molar-refractivity contribution is -0.137. The number of aromatic nitrogens is 1. The van der Waals surface area contributed by atoms with Gasteiger partial charge in [0.15, 0.2) is 0 Å². The molecule has 5 nitrogen and oxygen atoms in total. The topological polar surface area (TPSA) is 70.5 Å². The first kappa shape index (κ1) is 21.2. The van der Waals surface area contributed by atoms with Crippen LogP contribution in [0.15, 0.2) is 78.6 Å². The second-order valence-corrected chi connectivity index (χ2v) is 7.00. The molecular formula is C23H14F4N2O3. The third kappa shape index (κ3) is 3.73. The molecule has 4 rings (SSSR count). The zero-order chi connectivity index (χ0) is 23.0. The molecule has 0 saturated carbocycles. The van der Waals surface area contributed by atoms with Crippen LogP contribution in [-0.4, -0.2) is 21.8 Å². The molecule has 9 heteroatoms. The average Bonchev–Trinajstić information content (AvgIpc) is 3.04. The van der Waals surface area contributed by atoms with E-state index in [1.54, 1.807) is 0 Å². The monoisotopic (exact) mass is 442 g/mol. The average molecular weight is 442 g/mol. The number of carbonyl (C=O) groups is 2. The number of rotatable bonds is 3. The largest absolute Gasteiger partial charge is 0.507 e. The van der Waals surface area contributed by atoms with Gasteiger partial charge in [0.05, 0.1) is 17.2 Å². The molecule has 1 aromatic heterocycles. The number of benzene rings is 2. The van der Waals surface area contributed by atoms with Crippen molar-refractivity contribution in [1.29, 1.82) is 0 Å². The number of hydrogen-bond donors (Lipinski definition) is 1. The van der Waals surface area contributed by atoms with Crippen molar-refractivity contribution in [1.82, 2.24) is 4.98 Å². The lowest BCUT2D eigenvalue weighted by Crippen LogP contribution is -2.29. The first-order valence-electron chi connectivity index (χ1n) is 9.32. The summed E-state index contributed by atoms with van der Waals surface area (Å²) in [7, 11) is 0. The maximum atomic E-state index is 13.5. The van der Waals surface area contributed by atoms with E-state index in [0.29, 0.717) is 0 Å². The molecule has 1 atom stereocenters. The minimum atomic E-state index is -4.67. The van der Waals surface area contributed by atoms with Crippen molar-refractivity contribution in [3.05, 3.63) is 101 Å². The van der Waals surface area contributed by atoms with Gasteiger partial charge < -0.3 is 5.11 Å². The van der Waals surface area contributed by atoms with Crippen LogP contribution >= 0.6 is 0 Å². The lowest BCUT2D eigenvalue weighted by Gasteiger charge is -2.26. The molecule has 0 spiro atoms. The van der Waals surface area contributed by atoms with Gasteiger partial charge in [0.25, 0.3) is 11.7 Å². The summed E-state index contributed by atoms with van der Waals surface area (Å²) in [4.78, 5) is 30.5. The Morgan fingerprint density at radius 1 is 0.969 bits per heavy atom. The molecule has 162 valence electrons. The molecule has 1 aliphatic rings. The maximum absolute atomic E-state index is 13.5. The van der Waals surface area contributed by atoms with Gasteiger partial charge in [-0.25, -0.2) is 4.39 Å². The van der Waals surface area contributed by atoms with E-state index < -0.39 is 41.0 Å². The molecule has 0 aliphatic carbocycles. The fourth-order valence-corrected chi connectivity index (χ4v) is 3.56. The van der Waals surface area contributed by atoms with Gasteiger partial charge in [-0.15, -0.1) is 0 Å². The number of amides is 1. The molecule has 3 aromatic rings. The molecule has 1 amide bonds. The molecule has 0 bridgehead atoms. The number of pyridine rings is 1. The molecule has 1 aliphatic heterocycles. The van der Waals surface area contributed by atoms with E-state index in [9.17, 15) is 32.3 Å². The Bertz CT molecular complexity index is 1220. The van der Waals surface area contributed by atoms with E-state index >= 15 is 0 Å². The number of carbonyl (C=O) groups excluding carboxylic acids is 2. The summed E-state index contributed by atoms with van der Waals surface area (Å²) in [6, 6.07) is 10.3. The summed E-state index contributed by atoms with van der Waals surface area (Å²) in [5.41, 5.74) is -1.10. The number of nitrogens with zero attached hydrogens (tertiary/aromatic N) is 2. The van der Waals surface area contributed by atoms with Crippen LogP contribution in [0.5, 0.6) is 0 Å². The third-order valence-electron chi connectivity index (χ3n) is 5.04. The Hall–Kier alpha value is -4.01. The minimum Gasteiger partial charge on any atom is -0.507 e. The van der Waals surface area contributed by atoms with Crippen molar-refractivity contribution >= 4 is 23.1 Å². The van der Waals surface area contributed by atoms with E-state index in [4.69, 9.17) is 0 Å². The van der Waals surface area contributed by atoms with Gasteiger partial charge in [-0.3, -0.25) is 19.5 Å². The number of alkyl halides is 3. The second kappa shape index (κ2) is 7.92. The summed E-state index contributed by atoms with van der Waals surface area (Å²) >= 11 is 0. The van der Waals surface area contributed by atoms with E-state index in [0.717, 1.165) is 35.2 Å². The fraction of sp³-hybridized carbons (Fsp3) is 0.0870. The summed E-state index contributed by atoms with van der Waals surface area (Å²) in [5.74, 6) is -3.30. The zero-order valence-electron chi connectivity index (χ0n) is 16.2. The number of halogens is 4. The van der Waals surface area contributed by atoms with Crippen LogP contribution in [0.1, 0.15) is 22.7 Å².